The SMILES string of the molecule is CCNc1nc(Nc2c(F)ccc(F)c2F)cc(C(F)(F)F)n1. The topological polar surface area (TPSA) is 49.8 Å². The number of nitrogens with one attached hydrogen (secondary N) is 2. The van der Waals surface area contributed by atoms with Crippen LogP contribution in [0, 0.1) is 17.5 Å². The van der Waals surface area contributed by atoms with Crippen molar-refractivity contribution in [2.45, 2.75) is 13.1 Å². The van der Waals surface area contributed by atoms with Crippen molar-refractivity contribution in [1.82, 2.24) is 9.97 Å². The van der Waals surface area contributed by atoms with Gasteiger partial charge in [-0.25, -0.2) is 18.2 Å². The largest absolute Gasteiger partial charge is 0.433 e. The smallest absolute Gasteiger partial charge is 0.354 e. The van der Waals surface area contributed by atoms with E-state index in [0.717, 1.165) is 0 Å². The van der Waals surface area contributed by atoms with E-state index in [9.17, 15) is 26.3 Å². The lowest BCUT2D eigenvalue weighted by molar-refractivity contribution is -0.141. The molecule has 0 saturated heterocycles. The molecular formula is C13H10F6N4. The fourth-order valence-electron chi connectivity index (χ4n) is 1.66. The average Bonchev–Trinajstić information content (AvgIpc) is 2.47. The summed E-state index contributed by atoms with van der Waals surface area (Å²) in [4.78, 5) is 6.90. The highest BCUT2D eigenvalue weighted by Gasteiger charge is 2.34. The van der Waals surface area contributed by atoms with Crippen molar-refractivity contribution in [1.29, 1.82) is 0 Å². The van der Waals surface area contributed by atoms with Gasteiger partial charge in [0, 0.05) is 12.6 Å². The molecule has 2 N–H and O–H groups in total. The Morgan fingerprint density at radius 3 is 2.30 bits per heavy atom. The first-order valence-corrected chi connectivity index (χ1v) is 6.33. The monoisotopic (exact) mass is 336 g/mol. The minimum atomic E-state index is -4.79. The van der Waals surface area contributed by atoms with Crippen LogP contribution in [0.2, 0.25) is 0 Å². The predicted octanol–water partition coefficient (Wildman–Crippen LogP) is 4.09. The molecule has 0 atom stereocenters. The Kier molecular flexibility index (Phi) is 4.62. The average molecular weight is 336 g/mol. The van der Waals surface area contributed by atoms with Crippen molar-refractivity contribution in [3.63, 3.8) is 0 Å². The molecule has 2 rings (SSSR count). The van der Waals surface area contributed by atoms with Gasteiger partial charge in [0.1, 0.15) is 17.3 Å². The zero-order valence-electron chi connectivity index (χ0n) is 11.6. The first-order chi connectivity index (χ1) is 10.7. The van der Waals surface area contributed by atoms with Gasteiger partial charge < -0.3 is 10.6 Å². The van der Waals surface area contributed by atoms with E-state index < -0.39 is 40.8 Å². The minimum Gasteiger partial charge on any atom is -0.354 e. The van der Waals surface area contributed by atoms with Crippen molar-refractivity contribution in [3.8, 4) is 0 Å². The lowest BCUT2D eigenvalue weighted by Gasteiger charge is -2.13. The summed E-state index contributed by atoms with van der Waals surface area (Å²) in [5, 5.41) is 4.47. The summed E-state index contributed by atoms with van der Waals surface area (Å²) in [5.41, 5.74) is -2.26. The molecule has 4 nitrogen and oxygen atoms in total. The number of alkyl halides is 3. The molecule has 1 aromatic carbocycles. The maximum atomic E-state index is 13.6. The Labute approximate surface area is 126 Å². The van der Waals surface area contributed by atoms with E-state index in [2.05, 4.69) is 15.3 Å². The van der Waals surface area contributed by atoms with Gasteiger partial charge in [0.2, 0.25) is 5.95 Å². The second kappa shape index (κ2) is 6.31. The molecule has 0 amide bonds. The van der Waals surface area contributed by atoms with Crippen LogP contribution in [0.4, 0.5) is 43.8 Å². The second-order valence-corrected chi connectivity index (χ2v) is 4.33. The quantitative estimate of drug-likeness (QED) is 0.652. The Balaban J connectivity index is 2.47. The Morgan fingerprint density at radius 2 is 1.70 bits per heavy atom. The van der Waals surface area contributed by atoms with Crippen molar-refractivity contribution < 1.29 is 26.3 Å². The normalized spacial score (nSPS) is 11.4. The van der Waals surface area contributed by atoms with Crippen LogP contribution >= 0.6 is 0 Å². The minimum absolute atomic E-state index is 0.226. The molecule has 23 heavy (non-hydrogen) atoms. The standard InChI is InChI=1S/C13H10F6N4/c1-2-20-12-21-8(13(17,18)19)5-9(23-12)22-11-7(15)4-3-6(14)10(11)16/h3-5H,2H2,1H3,(H2,20,21,22,23). The molecule has 0 aliphatic heterocycles. The lowest BCUT2D eigenvalue weighted by atomic mass is 10.2. The van der Waals surface area contributed by atoms with Crippen molar-refractivity contribution >= 4 is 17.5 Å². The van der Waals surface area contributed by atoms with Crippen LogP contribution in [0.1, 0.15) is 12.6 Å². The molecule has 1 heterocycles. The van der Waals surface area contributed by atoms with Crippen LogP contribution in [0.25, 0.3) is 0 Å². The van der Waals surface area contributed by atoms with Gasteiger partial charge in [-0.1, -0.05) is 0 Å². The summed E-state index contributed by atoms with van der Waals surface area (Å²) in [5.74, 6) is -5.03. The molecule has 0 fully saturated rings. The molecule has 0 aliphatic carbocycles. The van der Waals surface area contributed by atoms with Gasteiger partial charge in [0.15, 0.2) is 17.3 Å². The molecule has 0 aliphatic rings. The maximum absolute atomic E-state index is 13.6. The van der Waals surface area contributed by atoms with E-state index in [1.807, 2.05) is 5.32 Å². The Bertz CT molecular complexity index is 716. The first kappa shape index (κ1) is 16.8. The van der Waals surface area contributed by atoms with Crippen LogP contribution < -0.4 is 10.6 Å². The third-order valence-electron chi connectivity index (χ3n) is 2.65. The molecule has 0 saturated carbocycles. The highest BCUT2D eigenvalue weighted by Crippen LogP contribution is 2.31. The third-order valence-corrected chi connectivity index (χ3v) is 2.65. The first-order valence-electron chi connectivity index (χ1n) is 6.33. The van der Waals surface area contributed by atoms with Crippen molar-refractivity contribution in [3.05, 3.63) is 41.3 Å². The number of aromatic nitrogens is 2. The number of hydrogen-bond acceptors (Lipinski definition) is 4. The Hall–Kier alpha value is -2.52. The van der Waals surface area contributed by atoms with Gasteiger partial charge in [-0.05, 0) is 19.1 Å². The zero-order valence-corrected chi connectivity index (χ0v) is 11.6. The second-order valence-electron chi connectivity index (χ2n) is 4.33. The number of anilines is 3. The zero-order chi connectivity index (χ0) is 17.2. The van der Waals surface area contributed by atoms with E-state index in [0.29, 0.717) is 18.2 Å². The van der Waals surface area contributed by atoms with Crippen LogP contribution in [-0.2, 0) is 6.18 Å². The molecule has 0 bridgehead atoms. The van der Waals surface area contributed by atoms with Crippen molar-refractivity contribution in [2.24, 2.45) is 0 Å². The number of rotatable bonds is 4. The van der Waals surface area contributed by atoms with Gasteiger partial charge in [-0.2, -0.15) is 18.2 Å². The molecular weight excluding hydrogens is 326 g/mol. The number of hydrogen-bond donors (Lipinski definition) is 2. The van der Waals surface area contributed by atoms with Gasteiger partial charge >= 0.3 is 6.18 Å². The summed E-state index contributed by atoms with van der Waals surface area (Å²) in [7, 11) is 0. The number of benzene rings is 1. The fourth-order valence-corrected chi connectivity index (χ4v) is 1.66. The van der Waals surface area contributed by atoms with Crippen LogP contribution in [0.3, 0.4) is 0 Å². The van der Waals surface area contributed by atoms with Gasteiger partial charge in [0.05, 0.1) is 0 Å². The summed E-state index contributed by atoms with van der Waals surface area (Å²) >= 11 is 0. The summed E-state index contributed by atoms with van der Waals surface area (Å²) in [6.45, 7) is 1.83. The third kappa shape index (κ3) is 3.82. The fraction of sp³-hybridized carbons (Fsp3) is 0.231. The van der Waals surface area contributed by atoms with Crippen molar-refractivity contribution in [2.75, 3.05) is 17.2 Å². The molecule has 1 aromatic heterocycles. The number of halogens is 6. The molecule has 0 unspecified atom stereocenters. The Morgan fingerprint density at radius 1 is 1.04 bits per heavy atom. The van der Waals surface area contributed by atoms with E-state index in [4.69, 9.17) is 0 Å². The highest BCUT2D eigenvalue weighted by molar-refractivity contribution is 5.59. The summed E-state index contributed by atoms with van der Waals surface area (Å²) < 4.78 is 78.6. The number of nitrogens with zero attached hydrogens (tertiary/aromatic N) is 2. The molecule has 10 heteroatoms. The van der Waals surface area contributed by atoms with Crippen LogP contribution in [-0.4, -0.2) is 16.5 Å². The lowest BCUT2D eigenvalue weighted by Crippen LogP contribution is -2.13. The van der Waals surface area contributed by atoms with E-state index in [1.165, 1.54) is 0 Å². The van der Waals surface area contributed by atoms with Gasteiger partial charge in [-0.15, -0.1) is 0 Å². The van der Waals surface area contributed by atoms with E-state index in [-0.39, 0.29) is 12.5 Å². The van der Waals surface area contributed by atoms with Crippen LogP contribution in [0.15, 0.2) is 18.2 Å². The van der Waals surface area contributed by atoms with E-state index >= 15 is 0 Å². The predicted molar refractivity (Wildman–Crippen MR) is 70.8 cm³/mol. The summed E-state index contributed by atoms with van der Waals surface area (Å²) in [6, 6.07) is 1.66. The van der Waals surface area contributed by atoms with E-state index in [1.54, 1.807) is 6.92 Å². The van der Waals surface area contributed by atoms with Crippen LogP contribution in [0.5, 0.6) is 0 Å². The van der Waals surface area contributed by atoms with Gasteiger partial charge in [0.25, 0.3) is 0 Å². The maximum Gasteiger partial charge on any atom is 0.433 e. The van der Waals surface area contributed by atoms with Gasteiger partial charge in [-0.3, -0.25) is 0 Å². The molecule has 0 spiro atoms. The molecule has 0 radical (unpaired) electrons. The highest BCUT2D eigenvalue weighted by atomic mass is 19.4. The molecule has 124 valence electrons. The molecule has 2 aromatic rings. The summed E-state index contributed by atoms with van der Waals surface area (Å²) in [6.07, 6.45) is -4.79.